The summed E-state index contributed by atoms with van der Waals surface area (Å²) in [6, 6.07) is 4.53. The number of hydrogen-bond donors (Lipinski definition) is 1. The molecule has 21 heavy (non-hydrogen) atoms. The Balaban J connectivity index is 1.82. The minimum absolute atomic E-state index is 0.111. The molecule has 1 aliphatic heterocycles. The van der Waals surface area contributed by atoms with Crippen LogP contribution >= 0.6 is 0 Å². The minimum Gasteiger partial charge on any atom is -0.491 e. The molecule has 0 aromatic heterocycles. The van der Waals surface area contributed by atoms with Gasteiger partial charge in [-0.3, -0.25) is 0 Å². The standard InChI is InChI=1S/C15H20F3NO2/c1-19-8-6-11(7-9-19)14(20)10-21-13-4-2-12(3-5-13)15(16,17)18/h2-5,11,14,20H,6-10H2,1H3. The SMILES string of the molecule is CN1CCC(C(O)COc2ccc(C(F)(F)F)cc2)CC1. The number of halogens is 3. The Labute approximate surface area is 122 Å². The molecule has 1 N–H and O–H groups in total. The van der Waals surface area contributed by atoms with Crippen molar-refractivity contribution >= 4 is 0 Å². The molecule has 0 radical (unpaired) electrons. The van der Waals surface area contributed by atoms with E-state index in [9.17, 15) is 18.3 Å². The summed E-state index contributed by atoms with van der Waals surface area (Å²) >= 11 is 0. The Morgan fingerprint density at radius 1 is 1.24 bits per heavy atom. The van der Waals surface area contributed by atoms with Crippen LogP contribution in [0.2, 0.25) is 0 Å². The first-order valence-corrected chi connectivity index (χ1v) is 7.03. The third-order valence-corrected chi connectivity index (χ3v) is 3.91. The monoisotopic (exact) mass is 303 g/mol. The van der Waals surface area contributed by atoms with E-state index in [-0.39, 0.29) is 12.5 Å². The lowest BCUT2D eigenvalue weighted by molar-refractivity contribution is -0.137. The van der Waals surface area contributed by atoms with Gasteiger partial charge in [0.05, 0.1) is 11.7 Å². The lowest BCUT2D eigenvalue weighted by atomic mass is 9.92. The zero-order valence-corrected chi connectivity index (χ0v) is 11.9. The topological polar surface area (TPSA) is 32.7 Å². The first-order valence-electron chi connectivity index (χ1n) is 7.03. The largest absolute Gasteiger partial charge is 0.491 e. The Kier molecular flexibility index (Phi) is 5.11. The van der Waals surface area contributed by atoms with Gasteiger partial charge in [0, 0.05) is 0 Å². The molecule has 1 saturated heterocycles. The summed E-state index contributed by atoms with van der Waals surface area (Å²) in [5, 5.41) is 10.1. The van der Waals surface area contributed by atoms with E-state index in [0.717, 1.165) is 38.1 Å². The van der Waals surface area contributed by atoms with Gasteiger partial charge in [-0.05, 0) is 63.2 Å². The van der Waals surface area contributed by atoms with Crippen molar-refractivity contribution in [2.24, 2.45) is 5.92 Å². The van der Waals surface area contributed by atoms with Gasteiger partial charge in [-0.25, -0.2) is 0 Å². The molecule has 0 saturated carbocycles. The molecule has 0 bridgehead atoms. The van der Waals surface area contributed by atoms with Crippen LogP contribution in [0.4, 0.5) is 13.2 Å². The third-order valence-electron chi connectivity index (χ3n) is 3.91. The van der Waals surface area contributed by atoms with Crippen LogP contribution < -0.4 is 4.74 Å². The fraction of sp³-hybridized carbons (Fsp3) is 0.600. The maximum absolute atomic E-state index is 12.4. The maximum Gasteiger partial charge on any atom is 0.416 e. The highest BCUT2D eigenvalue weighted by Crippen LogP contribution is 2.30. The Bertz CT molecular complexity index is 439. The summed E-state index contributed by atoms with van der Waals surface area (Å²) in [6.07, 6.45) is -3.10. The number of nitrogens with zero attached hydrogens (tertiary/aromatic N) is 1. The van der Waals surface area contributed by atoms with Crippen LogP contribution in [0.3, 0.4) is 0 Å². The summed E-state index contributed by atoms with van der Waals surface area (Å²) in [6.45, 7) is 2.00. The number of aliphatic hydroxyl groups excluding tert-OH is 1. The van der Waals surface area contributed by atoms with Crippen molar-refractivity contribution in [2.45, 2.75) is 25.1 Å². The van der Waals surface area contributed by atoms with E-state index >= 15 is 0 Å². The third kappa shape index (κ3) is 4.61. The highest BCUT2D eigenvalue weighted by Gasteiger charge is 2.30. The Morgan fingerprint density at radius 2 is 1.81 bits per heavy atom. The van der Waals surface area contributed by atoms with Crippen LogP contribution in [0.15, 0.2) is 24.3 Å². The predicted octanol–water partition coefficient (Wildman–Crippen LogP) is 2.79. The molecule has 2 rings (SSSR count). The zero-order valence-electron chi connectivity index (χ0n) is 11.9. The molecular weight excluding hydrogens is 283 g/mol. The average molecular weight is 303 g/mol. The van der Waals surface area contributed by atoms with Gasteiger partial charge in [-0.2, -0.15) is 13.2 Å². The van der Waals surface area contributed by atoms with Crippen molar-refractivity contribution in [1.29, 1.82) is 0 Å². The normalized spacial score (nSPS) is 19.5. The highest BCUT2D eigenvalue weighted by atomic mass is 19.4. The van der Waals surface area contributed by atoms with Gasteiger partial charge in [0.15, 0.2) is 0 Å². The van der Waals surface area contributed by atoms with Gasteiger partial charge in [0.1, 0.15) is 12.4 Å². The Hall–Kier alpha value is -1.27. The smallest absolute Gasteiger partial charge is 0.416 e. The number of benzene rings is 1. The van der Waals surface area contributed by atoms with Crippen molar-refractivity contribution < 1.29 is 23.0 Å². The van der Waals surface area contributed by atoms with Crippen LogP contribution in [0.25, 0.3) is 0 Å². The fourth-order valence-corrected chi connectivity index (χ4v) is 2.47. The number of piperidine rings is 1. The van der Waals surface area contributed by atoms with E-state index in [1.807, 2.05) is 7.05 Å². The summed E-state index contributed by atoms with van der Waals surface area (Å²) in [4.78, 5) is 2.21. The lowest BCUT2D eigenvalue weighted by Crippen LogP contribution is -2.37. The molecular formula is C15H20F3NO2. The van der Waals surface area contributed by atoms with Crippen LogP contribution in [0.5, 0.6) is 5.75 Å². The van der Waals surface area contributed by atoms with Crippen molar-refractivity contribution in [3.05, 3.63) is 29.8 Å². The number of aliphatic hydroxyl groups is 1. The van der Waals surface area contributed by atoms with Crippen molar-refractivity contribution in [2.75, 3.05) is 26.7 Å². The molecule has 0 spiro atoms. The number of hydrogen-bond acceptors (Lipinski definition) is 3. The molecule has 1 aliphatic rings. The van der Waals surface area contributed by atoms with Crippen LogP contribution in [0, 0.1) is 5.92 Å². The number of rotatable bonds is 4. The van der Waals surface area contributed by atoms with Crippen molar-refractivity contribution in [1.82, 2.24) is 4.90 Å². The second-order valence-corrected chi connectivity index (χ2v) is 5.54. The number of ether oxygens (including phenoxy) is 1. The van der Waals surface area contributed by atoms with Crippen molar-refractivity contribution in [3.8, 4) is 5.75 Å². The molecule has 6 heteroatoms. The van der Waals surface area contributed by atoms with Gasteiger partial charge >= 0.3 is 6.18 Å². The van der Waals surface area contributed by atoms with Gasteiger partial charge < -0.3 is 14.7 Å². The average Bonchev–Trinajstić information content (AvgIpc) is 2.45. The summed E-state index contributed by atoms with van der Waals surface area (Å²) in [7, 11) is 2.04. The summed E-state index contributed by atoms with van der Waals surface area (Å²) in [5.41, 5.74) is -0.703. The quantitative estimate of drug-likeness (QED) is 0.928. The molecule has 1 heterocycles. The van der Waals surface area contributed by atoms with E-state index in [4.69, 9.17) is 4.74 Å². The summed E-state index contributed by atoms with van der Waals surface area (Å²) < 4.78 is 42.7. The van der Waals surface area contributed by atoms with Gasteiger partial charge in [0.2, 0.25) is 0 Å². The van der Waals surface area contributed by atoms with Crippen LogP contribution in [-0.4, -0.2) is 42.9 Å². The highest BCUT2D eigenvalue weighted by molar-refractivity contribution is 5.28. The molecule has 1 fully saturated rings. The predicted molar refractivity (Wildman–Crippen MR) is 73.2 cm³/mol. The van der Waals surface area contributed by atoms with E-state index in [1.54, 1.807) is 0 Å². The van der Waals surface area contributed by atoms with Gasteiger partial charge in [0.25, 0.3) is 0 Å². The number of alkyl halides is 3. The van der Waals surface area contributed by atoms with E-state index in [1.165, 1.54) is 12.1 Å². The van der Waals surface area contributed by atoms with Gasteiger partial charge in [-0.15, -0.1) is 0 Å². The molecule has 0 amide bonds. The Morgan fingerprint density at radius 3 is 2.33 bits per heavy atom. The van der Waals surface area contributed by atoms with E-state index in [2.05, 4.69) is 4.90 Å². The molecule has 0 aliphatic carbocycles. The molecule has 1 unspecified atom stereocenters. The molecule has 1 aromatic rings. The fourth-order valence-electron chi connectivity index (χ4n) is 2.47. The molecule has 1 aromatic carbocycles. The van der Waals surface area contributed by atoms with Crippen molar-refractivity contribution in [3.63, 3.8) is 0 Å². The maximum atomic E-state index is 12.4. The lowest BCUT2D eigenvalue weighted by Gasteiger charge is -2.31. The first kappa shape index (κ1) is 16.1. The van der Waals surface area contributed by atoms with E-state index < -0.39 is 17.8 Å². The van der Waals surface area contributed by atoms with Crippen LogP contribution in [0.1, 0.15) is 18.4 Å². The first-order chi connectivity index (χ1) is 9.86. The van der Waals surface area contributed by atoms with E-state index in [0.29, 0.717) is 5.75 Å². The second-order valence-electron chi connectivity index (χ2n) is 5.54. The number of likely N-dealkylation sites (tertiary alicyclic amines) is 1. The molecule has 3 nitrogen and oxygen atoms in total. The second kappa shape index (κ2) is 6.66. The minimum atomic E-state index is -4.34. The molecule has 1 atom stereocenters. The molecule has 118 valence electrons. The zero-order chi connectivity index (χ0) is 15.5. The van der Waals surface area contributed by atoms with Crippen LogP contribution in [-0.2, 0) is 6.18 Å². The summed E-state index contributed by atoms with van der Waals surface area (Å²) in [5.74, 6) is 0.533. The van der Waals surface area contributed by atoms with Gasteiger partial charge in [-0.1, -0.05) is 0 Å².